The zero-order valence-electron chi connectivity index (χ0n) is 18.5. The van der Waals surface area contributed by atoms with Crippen molar-refractivity contribution in [3.8, 4) is 0 Å². The van der Waals surface area contributed by atoms with Crippen molar-refractivity contribution in [1.82, 2.24) is 10.0 Å². The van der Waals surface area contributed by atoms with Crippen LogP contribution in [0.25, 0.3) is 0 Å². The molecular formula is C23H28N4O4S. The Hall–Kier alpha value is -3.20. The lowest BCUT2D eigenvalue weighted by atomic mass is 10.0. The molecule has 0 saturated carbocycles. The fourth-order valence-corrected chi connectivity index (χ4v) is 4.40. The van der Waals surface area contributed by atoms with Crippen molar-refractivity contribution in [1.29, 1.82) is 0 Å². The van der Waals surface area contributed by atoms with Crippen LogP contribution in [-0.2, 0) is 26.2 Å². The van der Waals surface area contributed by atoms with Gasteiger partial charge in [-0.3, -0.25) is 19.3 Å². The third kappa shape index (κ3) is 5.34. The molecule has 2 aromatic rings. The van der Waals surface area contributed by atoms with Gasteiger partial charge in [0.05, 0.1) is 4.90 Å². The second-order valence-electron chi connectivity index (χ2n) is 8.33. The van der Waals surface area contributed by atoms with Crippen molar-refractivity contribution in [3.63, 3.8) is 0 Å². The number of aliphatic imine (C=N–C) groups is 1. The van der Waals surface area contributed by atoms with Gasteiger partial charge in [0.2, 0.25) is 11.8 Å². The van der Waals surface area contributed by atoms with Crippen LogP contribution in [0.5, 0.6) is 0 Å². The Morgan fingerprint density at radius 1 is 0.969 bits per heavy atom. The zero-order valence-corrected chi connectivity index (χ0v) is 19.4. The maximum Gasteiger partial charge on any atom is 0.263 e. The fraction of sp³-hybridized carbons (Fsp3) is 0.348. The average molecular weight is 457 g/mol. The number of carbonyl (C=O) groups is 2. The Morgan fingerprint density at radius 2 is 1.62 bits per heavy atom. The number of nitrogens with one attached hydrogen (secondary N) is 3. The van der Waals surface area contributed by atoms with Gasteiger partial charge in [-0.15, -0.1) is 0 Å². The number of rotatable bonds is 7. The summed E-state index contributed by atoms with van der Waals surface area (Å²) in [6, 6.07) is 13.0. The number of amidine groups is 1. The number of benzene rings is 2. The Bertz CT molecular complexity index is 1140. The topological polar surface area (TPSA) is 117 Å². The Kier molecular flexibility index (Phi) is 6.98. The molecule has 32 heavy (non-hydrogen) atoms. The summed E-state index contributed by atoms with van der Waals surface area (Å²) in [5.41, 5.74) is 2.02. The zero-order chi connectivity index (χ0) is 23.5. The molecule has 0 spiro atoms. The molecule has 8 nitrogen and oxygen atoms in total. The SMILES string of the molecule is CC(C)C(=O)Nc1ccc(CNC(=O)[C@@H](N=C2NS(=O)(=O)c3ccccc32)C(C)C)cc1. The van der Waals surface area contributed by atoms with Crippen LogP contribution < -0.4 is 15.4 Å². The molecule has 0 radical (unpaired) electrons. The van der Waals surface area contributed by atoms with Gasteiger partial charge in [0, 0.05) is 23.7 Å². The van der Waals surface area contributed by atoms with Crippen molar-refractivity contribution in [2.45, 2.75) is 45.2 Å². The molecule has 1 aliphatic rings. The van der Waals surface area contributed by atoms with Gasteiger partial charge in [0.1, 0.15) is 11.9 Å². The van der Waals surface area contributed by atoms with E-state index in [4.69, 9.17) is 0 Å². The molecule has 0 fully saturated rings. The number of fused-ring (bicyclic) bond motifs is 1. The van der Waals surface area contributed by atoms with E-state index in [0.717, 1.165) is 5.56 Å². The van der Waals surface area contributed by atoms with Crippen molar-refractivity contribution < 1.29 is 18.0 Å². The maximum absolute atomic E-state index is 12.9. The number of anilines is 1. The first-order valence-corrected chi connectivity index (χ1v) is 11.9. The summed E-state index contributed by atoms with van der Waals surface area (Å²) in [5, 5.41) is 5.69. The molecule has 0 saturated heterocycles. The maximum atomic E-state index is 12.9. The van der Waals surface area contributed by atoms with Crippen molar-refractivity contribution in [2.24, 2.45) is 16.8 Å². The predicted octanol–water partition coefficient (Wildman–Crippen LogP) is 2.66. The molecule has 2 aromatic carbocycles. The molecule has 0 unspecified atom stereocenters. The van der Waals surface area contributed by atoms with Gasteiger partial charge in [-0.05, 0) is 35.7 Å². The number of hydrogen-bond acceptors (Lipinski definition) is 5. The molecule has 0 aromatic heterocycles. The van der Waals surface area contributed by atoms with E-state index in [0.29, 0.717) is 11.3 Å². The normalized spacial score (nSPS) is 16.5. The van der Waals surface area contributed by atoms with Crippen LogP contribution in [-0.4, -0.2) is 32.1 Å². The summed E-state index contributed by atoms with van der Waals surface area (Å²) < 4.78 is 27.1. The summed E-state index contributed by atoms with van der Waals surface area (Å²) in [5.74, 6) is -0.435. The molecule has 1 atom stereocenters. The van der Waals surface area contributed by atoms with E-state index in [1.54, 1.807) is 30.3 Å². The van der Waals surface area contributed by atoms with Crippen molar-refractivity contribution >= 4 is 33.4 Å². The third-order valence-electron chi connectivity index (χ3n) is 5.04. The van der Waals surface area contributed by atoms with Crippen molar-refractivity contribution in [2.75, 3.05) is 5.32 Å². The molecule has 9 heteroatoms. The summed E-state index contributed by atoms with van der Waals surface area (Å²) in [7, 11) is -3.67. The molecule has 170 valence electrons. The molecule has 1 heterocycles. The molecule has 3 rings (SSSR count). The van der Waals surface area contributed by atoms with Crippen molar-refractivity contribution in [3.05, 3.63) is 59.7 Å². The van der Waals surface area contributed by atoms with Crippen LogP contribution in [0.2, 0.25) is 0 Å². The first-order valence-electron chi connectivity index (χ1n) is 10.5. The fourth-order valence-electron chi connectivity index (χ4n) is 3.17. The summed E-state index contributed by atoms with van der Waals surface area (Å²) >= 11 is 0. The second kappa shape index (κ2) is 9.52. The van der Waals surface area contributed by atoms with Gasteiger partial charge in [-0.25, -0.2) is 8.42 Å². The smallest absolute Gasteiger partial charge is 0.263 e. The minimum absolute atomic E-state index is 0.0611. The lowest BCUT2D eigenvalue weighted by Crippen LogP contribution is -2.38. The van der Waals surface area contributed by atoms with Gasteiger partial charge < -0.3 is 10.6 Å². The number of sulfonamides is 1. The van der Waals surface area contributed by atoms with E-state index >= 15 is 0 Å². The van der Waals surface area contributed by atoms with E-state index < -0.39 is 16.1 Å². The van der Waals surface area contributed by atoms with Gasteiger partial charge in [0.25, 0.3) is 10.0 Å². The first-order chi connectivity index (χ1) is 15.1. The largest absolute Gasteiger partial charge is 0.350 e. The van der Waals surface area contributed by atoms with Crippen LogP contribution in [0.1, 0.15) is 38.8 Å². The average Bonchev–Trinajstić information content (AvgIpc) is 3.01. The number of amides is 2. The molecule has 1 aliphatic heterocycles. The minimum atomic E-state index is -3.67. The third-order valence-corrected chi connectivity index (χ3v) is 6.44. The first kappa shape index (κ1) is 23.5. The van der Waals surface area contributed by atoms with Gasteiger partial charge in [0.15, 0.2) is 0 Å². The predicted molar refractivity (Wildman–Crippen MR) is 124 cm³/mol. The highest BCUT2D eigenvalue weighted by Gasteiger charge is 2.32. The van der Waals surface area contributed by atoms with Crippen LogP contribution in [0, 0.1) is 11.8 Å². The van der Waals surface area contributed by atoms with Crippen LogP contribution in [0.4, 0.5) is 5.69 Å². The van der Waals surface area contributed by atoms with Gasteiger partial charge >= 0.3 is 0 Å². The molecular weight excluding hydrogens is 428 g/mol. The summed E-state index contributed by atoms with van der Waals surface area (Å²) in [6.07, 6.45) is 0. The number of hydrogen-bond donors (Lipinski definition) is 3. The number of carbonyl (C=O) groups excluding carboxylic acids is 2. The van der Waals surface area contributed by atoms with Gasteiger partial charge in [-0.1, -0.05) is 52.0 Å². The van der Waals surface area contributed by atoms with E-state index in [-0.39, 0.29) is 40.9 Å². The molecule has 0 bridgehead atoms. The number of nitrogens with zero attached hydrogens (tertiary/aromatic N) is 1. The summed E-state index contributed by atoms with van der Waals surface area (Å²) in [4.78, 5) is 29.3. The van der Waals surface area contributed by atoms with Crippen LogP contribution in [0.15, 0.2) is 58.4 Å². The van der Waals surface area contributed by atoms with Crippen LogP contribution >= 0.6 is 0 Å². The van der Waals surface area contributed by atoms with Gasteiger partial charge in [-0.2, -0.15) is 0 Å². The second-order valence-corrected chi connectivity index (χ2v) is 9.98. The monoisotopic (exact) mass is 456 g/mol. The quantitative estimate of drug-likeness (QED) is 0.594. The highest BCUT2D eigenvalue weighted by Crippen LogP contribution is 2.23. The molecule has 0 aliphatic carbocycles. The minimum Gasteiger partial charge on any atom is -0.350 e. The Morgan fingerprint density at radius 3 is 2.25 bits per heavy atom. The Balaban J connectivity index is 1.69. The lowest BCUT2D eigenvalue weighted by Gasteiger charge is -2.17. The van der Waals surface area contributed by atoms with E-state index in [2.05, 4.69) is 20.3 Å². The summed E-state index contributed by atoms with van der Waals surface area (Å²) in [6.45, 7) is 7.64. The standard InChI is InChI=1S/C23H28N4O4S/c1-14(2)20(26-21-18-7-5-6-8-19(18)32(30,31)27-21)23(29)24-13-16-9-11-17(12-10-16)25-22(28)15(3)4/h5-12,14-15,20H,13H2,1-4H3,(H,24,29)(H,25,28)(H,26,27)/t20-/m0/s1. The molecule has 3 N–H and O–H groups in total. The Labute approximate surface area is 188 Å². The highest BCUT2D eigenvalue weighted by atomic mass is 32.2. The lowest BCUT2D eigenvalue weighted by molar-refractivity contribution is -0.123. The van der Waals surface area contributed by atoms with E-state index in [9.17, 15) is 18.0 Å². The van der Waals surface area contributed by atoms with E-state index in [1.807, 2.05) is 39.8 Å². The molecule has 2 amide bonds. The van der Waals surface area contributed by atoms with E-state index in [1.165, 1.54) is 6.07 Å². The van der Waals surface area contributed by atoms with Crippen LogP contribution in [0.3, 0.4) is 0 Å². The highest BCUT2D eigenvalue weighted by molar-refractivity contribution is 7.90.